The molecule has 4 amide bonds. The smallest absolute Gasteiger partial charge is 0.322 e. The van der Waals surface area contributed by atoms with E-state index in [4.69, 9.17) is 0 Å². The van der Waals surface area contributed by atoms with Crippen molar-refractivity contribution in [2.45, 2.75) is 37.3 Å². The zero-order valence-corrected chi connectivity index (χ0v) is 16.9. The maximum atomic E-state index is 12.7. The van der Waals surface area contributed by atoms with E-state index in [1.807, 2.05) is 54.6 Å². The van der Waals surface area contributed by atoms with Crippen LogP contribution >= 0.6 is 0 Å². The Morgan fingerprint density at radius 1 is 1.00 bits per heavy atom. The average molecular weight is 407 g/mol. The monoisotopic (exact) mass is 407 g/mol. The molecule has 1 unspecified atom stereocenters. The minimum atomic E-state index is -1.23. The first kappa shape index (κ1) is 20.1. The van der Waals surface area contributed by atoms with Gasteiger partial charge in [-0.1, -0.05) is 54.6 Å². The van der Waals surface area contributed by atoms with Crippen LogP contribution in [-0.4, -0.2) is 46.5 Å². The van der Waals surface area contributed by atoms with Gasteiger partial charge in [-0.25, -0.2) is 4.79 Å². The second-order valence-corrected chi connectivity index (χ2v) is 8.27. The molecule has 2 aliphatic rings. The van der Waals surface area contributed by atoms with Crippen LogP contribution in [0.25, 0.3) is 11.1 Å². The van der Waals surface area contributed by atoms with Crippen LogP contribution in [0.1, 0.15) is 31.7 Å². The van der Waals surface area contributed by atoms with Gasteiger partial charge >= 0.3 is 6.03 Å². The lowest BCUT2D eigenvalue weighted by atomic mass is 9.83. The Bertz CT molecular complexity index is 966. The van der Waals surface area contributed by atoms with E-state index in [9.17, 15) is 19.5 Å². The number of likely N-dealkylation sites (tertiary alicyclic amines) is 1. The van der Waals surface area contributed by atoms with Crippen molar-refractivity contribution in [1.82, 2.24) is 15.5 Å². The molecular weight excluding hydrogens is 382 g/mol. The number of piperidine rings is 1. The normalized spacial score (nSPS) is 23.1. The summed E-state index contributed by atoms with van der Waals surface area (Å²) < 4.78 is 0. The molecule has 0 spiro atoms. The standard InChI is InChI=1S/C23H25N3O4/c1-22(20(28)24-21(29)25-22)15-19(27)26-13-11-23(30,12-14-26)18-9-7-17(8-10-18)16-5-3-2-4-6-16/h2-10,30H,11-15H2,1H3,(H2,24,25,28,29). The highest BCUT2D eigenvalue weighted by molar-refractivity contribution is 6.08. The first-order valence-corrected chi connectivity index (χ1v) is 10.1. The zero-order chi connectivity index (χ0) is 21.4. The molecule has 2 aromatic carbocycles. The fraction of sp³-hybridized carbons (Fsp3) is 0.348. The van der Waals surface area contributed by atoms with Crippen LogP contribution in [-0.2, 0) is 15.2 Å². The molecule has 0 radical (unpaired) electrons. The summed E-state index contributed by atoms with van der Waals surface area (Å²) in [5, 5.41) is 15.8. The molecule has 0 bridgehead atoms. The second-order valence-electron chi connectivity index (χ2n) is 8.27. The summed E-state index contributed by atoms with van der Waals surface area (Å²) in [7, 11) is 0. The summed E-state index contributed by atoms with van der Waals surface area (Å²) in [6.45, 7) is 2.32. The Balaban J connectivity index is 1.39. The molecule has 0 aromatic heterocycles. The maximum absolute atomic E-state index is 12.7. The van der Waals surface area contributed by atoms with E-state index in [0.29, 0.717) is 25.9 Å². The predicted octanol–water partition coefficient (Wildman–Crippen LogP) is 2.15. The highest BCUT2D eigenvalue weighted by Gasteiger charge is 2.45. The molecule has 30 heavy (non-hydrogen) atoms. The van der Waals surface area contributed by atoms with Gasteiger partial charge in [-0.15, -0.1) is 0 Å². The number of hydrogen-bond acceptors (Lipinski definition) is 4. The number of urea groups is 1. The number of nitrogens with one attached hydrogen (secondary N) is 2. The fourth-order valence-electron chi connectivity index (χ4n) is 4.14. The number of amides is 4. The van der Waals surface area contributed by atoms with Gasteiger partial charge in [0.05, 0.1) is 12.0 Å². The third-order valence-corrected chi connectivity index (χ3v) is 6.10. The van der Waals surface area contributed by atoms with Gasteiger partial charge in [0.25, 0.3) is 5.91 Å². The largest absolute Gasteiger partial charge is 0.385 e. The first-order chi connectivity index (χ1) is 14.3. The van der Waals surface area contributed by atoms with Crippen molar-refractivity contribution in [3.8, 4) is 11.1 Å². The molecule has 7 heteroatoms. The molecule has 2 saturated heterocycles. The van der Waals surface area contributed by atoms with Crippen LogP contribution in [0, 0.1) is 0 Å². The summed E-state index contributed by atoms with van der Waals surface area (Å²) in [5.41, 5.74) is 0.821. The van der Waals surface area contributed by atoms with Crippen molar-refractivity contribution in [3.63, 3.8) is 0 Å². The molecule has 2 heterocycles. The van der Waals surface area contributed by atoms with Gasteiger partial charge in [0.1, 0.15) is 5.54 Å². The lowest BCUT2D eigenvalue weighted by Crippen LogP contribution is -2.51. The van der Waals surface area contributed by atoms with Crippen molar-refractivity contribution < 1.29 is 19.5 Å². The van der Waals surface area contributed by atoms with E-state index in [1.165, 1.54) is 0 Å². The molecule has 156 valence electrons. The van der Waals surface area contributed by atoms with Gasteiger partial charge in [0.2, 0.25) is 5.91 Å². The first-order valence-electron chi connectivity index (χ1n) is 10.1. The summed E-state index contributed by atoms with van der Waals surface area (Å²) >= 11 is 0. The van der Waals surface area contributed by atoms with Gasteiger partial charge in [-0.2, -0.15) is 0 Å². The highest BCUT2D eigenvalue weighted by atomic mass is 16.3. The molecule has 2 aromatic rings. The van der Waals surface area contributed by atoms with E-state index in [1.54, 1.807) is 11.8 Å². The van der Waals surface area contributed by atoms with E-state index in [0.717, 1.165) is 16.7 Å². The third-order valence-electron chi connectivity index (χ3n) is 6.10. The average Bonchev–Trinajstić information content (AvgIpc) is 3.00. The molecule has 7 nitrogen and oxygen atoms in total. The van der Waals surface area contributed by atoms with Gasteiger partial charge in [-0.3, -0.25) is 14.9 Å². The number of benzene rings is 2. The zero-order valence-electron chi connectivity index (χ0n) is 16.9. The quantitative estimate of drug-likeness (QED) is 0.677. The van der Waals surface area contributed by atoms with Crippen LogP contribution in [0.3, 0.4) is 0 Å². The Morgan fingerprint density at radius 3 is 2.17 bits per heavy atom. The molecule has 4 rings (SSSR count). The number of rotatable bonds is 4. The molecular formula is C23H25N3O4. The number of hydrogen-bond donors (Lipinski definition) is 3. The van der Waals surface area contributed by atoms with Crippen molar-refractivity contribution in [3.05, 3.63) is 60.2 Å². The number of imide groups is 1. The Hall–Kier alpha value is -3.19. The fourth-order valence-corrected chi connectivity index (χ4v) is 4.14. The van der Waals surface area contributed by atoms with Crippen LogP contribution in [0.15, 0.2) is 54.6 Å². The van der Waals surface area contributed by atoms with Crippen LogP contribution in [0.4, 0.5) is 4.79 Å². The molecule has 3 N–H and O–H groups in total. The number of aliphatic hydroxyl groups is 1. The Morgan fingerprint density at radius 2 is 1.60 bits per heavy atom. The lowest BCUT2D eigenvalue weighted by molar-refractivity contribution is -0.139. The van der Waals surface area contributed by atoms with E-state index >= 15 is 0 Å². The maximum Gasteiger partial charge on any atom is 0.322 e. The minimum absolute atomic E-state index is 0.102. The third kappa shape index (κ3) is 3.80. The van der Waals surface area contributed by atoms with Gasteiger partial charge < -0.3 is 15.3 Å². The van der Waals surface area contributed by atoms with E-state index in [2.05, 4.69) is 10.6 Å². The number of nitrogens with zero attached hydrogens (tertiary/aromatic N) is 1. The van der Waals surface area contributed by atoms with Crippen LogP contribution in [0.2, 0.25) is 0 Å². The Kier molecular flexibility index (Phi) is 5.07. The number of carbonyl (C=O) groups excluding carboxylic acids is 3. The highest BCUT2D eigenvalue weighted by Crippen LogP contribution is 2.34. The summed E-state index contributed by atoms with van der Waals surface area (Å²) in [6, 6.07) is 17.4. The van der Waals surface area contributed by atoms with Crippen molar-refractivity contribution in [1.29, 1.82) is 0 Å². The molecule has 1 atom stereocenters. The van der Waals surface area contributed by atoms with Gasteiger partial charge in [0.15, 0.2) is 0 Å². The summed E-state index contributed by atoms with van der Waals surface area (Å²) in [4.78, 5) is 37.6. The van der Waals surface area contributed by atoms with E-state index < -0.39 is 23.1 Å². The van der Waals surface area contributed by atoms with Gasteiger partial charge in [0, 0.05) is 13.1 Å². The summed E-state index contributed by atoms with van der Waals surface area (Å²) in [6.07, 6.45) is 0.728. The van der Waals surface area contributed by atoms with Crippen molar-refractivity contribution in [2.24, 2.45) is 0 Å². The molecule has 0 saturated carbocycles. The van der Waals surface area contributed by atoms with Crippen molar-refractivity contribution in [2.75, 3.05) is 13.1 Å². The summed E-state index contributed by atoms with van der Waals surface area (Å²) in [5.74, 6) is -0.704. The van der Waals surface area contributed by atoms with Crippen LogP contribution in [0.5, 0.6) is 0 Å². The minimum Gasteiger partial charge on any atom is -0.385 e. The second kappa shape index (κ2) is 7.57. The molecule has 2 fully saturated rings. The molecule has 0 aliphatic carbocycles. The van der Waals surface area contributed by atoms with E-state index in [-0.39, 0.29) is 12.3 Å². The lowest BCUT2D eigenvalue weighted by Gasteiger charge is -2.39. The van der Waals surface area contributed by atoms with Gasteiger partial charge in [-0.05, 0) is 36.5 Å². The topological polar surface area (TPSA) is 98.7 Å². The Labute approximate surface area is 175 Å². The predicted molar refractivity (Wildman–Crippen MR) is 111 cm³/mol. The van der Waals surface area contributed by atoms with Crippen molar-refractivity contribution >= 4 is 17.8 Å². The molecule has 2 aliphatic heterocycles. The van der Waals surface area contributed by atoms with Crippen LogP contribution < -0.4 is 10.6 Å². The SMILES string of the molecule is CC1(CC(=O)N2CCC(O)(c3ccc(-c4ccccc4)cc3)CC2)NC(=O)NC1=O. The number of carbonyl (C=O) groups is 3.